The second kappa shape index (κ2) is 9.07. The number of amides is 1. The second-order valence-electron chi connectivity index (χ2n) is 7.57. The topological polar surface area (TPSA) is 69.7 Å². The third kappa shape index (κ3) is 5.04. The van der Waals surface area contributed by atoms with Gasteiger partial charge in [-0.25, -0.2) is 8.42 Å². The molecule has 0 aromatic heterocycles. The molecule has 1 atom stereocenters. The summed E-state index contributed by atoms with van der Waals surface area (Å²) in [5.74, 6) is -0.00338. The molecule has 1 amide bonds. The number of carbonyl (C=O) groups is 1. The highest BCUT2D eigenvalue weighted by Crippen LogP contribution is 2.22. The fourth-order valence-corrected chi connectivity index (χ4v) is 5.25. The molecule has 1 heterocycles. The summed E-state index contributed by atoms with van der Waals surface area (Å²) in [5.41, 5.74) is 2.92. The van der Waals surface area contributed by atoms with E-state index in [9.17, 15) is 13.2 Å². The molecule has 0 unspecified atom stereocenters. The Morgan fingerprint density at radius 3 is 2.31 bits per heavy atom. The lowest BCUT2D eigenvalue weighted by molar-refractivity contribution is -0.131. The maximum atomic E-state index is 13.0. The van der Waals surface area contributed by atoms with E-state index < -0.39 is 10.0 Å². The second-order valence-corrected chi connectivity index (χ2v) is 9.47. The number of benzene rings is 2. The Bertz CT molecular complexity index is 953. The van der Waals surface area contributed by atoms with E-state index >= 15 is 0 Å². The first-order valence-corrected chi connectivity index (χ1v) is 11.4. The van der Waals surface area contributed by atoms with Crippen LogP contribution in [0.5, 0.6) is 0 Å². The molecular weight excluding hydrogens is 386 g/mol. The minimum Gasteiger partial charge on any atom is -0.339 e. The van der Waals surface area contributed by atoms with Crippen LogP contribution < -0.4 is 5.32 Å². The third-order valence-electron chi connectivity index (χ3n) is 5.40. The lowest BCUT2D eigenvalue weighted by atomic mass is 10.1. The first-order valence-electron chi connectivity index (χ1n) is 9.92. The molecule has 0 saturated carbocycles. The molecule has 0 bridgehead atoms. The zero-order chi connectivity index (χ0) is 21.0. The van der Waals surface area contributed by atoms with Gasteiger partial charge in [0.25, 0.3) is 0 Å². The molecule has 1 fully saturated rings. The van der Waals surface area contributed by atoms with Crippen LogP contribution in [0.4, 0.5) is 0 Å². The van der Waals surface area contributed by atoms with E-state index in [1.54, 1.807) is 11.0 Å². The molecule has 7 heteroatoms. The highest BCUT2D eigenvalue weighted by Gasteiger charge is 2.31. The lowest BCUT2D eigenvalue weighted by Crippen LogP contribution is -2.52. The first kappa shape index (κ1) is 21.5. The Hall–Kier alpha value is -2.22. The largest absolute Gasteiger partial charge is 0.339 e. The Balaban J connectivity index is 1.55. The molecule has 6 nitrogen and oxygen atoms in total. The molecule has 0 aliphatic carbocycles. The number of aryl methyl sites for hydroxylation is 2. The quantitative estimate of drug-likeness (QED) is 0.787. The molecule has 3 rings (SSSR count). The number of nitrogens with zero attached hydrogens (tertiary/aromatic N) is 2. The molecule has 2 aromatic rings. The number of hydrogen-bond donors (Lipinski definition) is 1. The maximum absolute atomic E-state index is 13.0. The Morgan fingerprint density at radius 1 is 1.03 bits per heavy atom. The Kier molecular flexibility index (Phi) is 6.72. The summed E-state index contributed by atoms with van der Waals surface area (Å²) in [5, 5.41) is 3.25. The van der Waals surface area contributed by atoms with Crippen molar-refractivity contribution >= 4 is 15.9 Å². The van der Waals surface area contributed by atoms with Gasteiger partial charge in [0, 0.05) is 32.2 Å². The predicted molar refractivity (Wildman–Crippen MR) is 114 cm³/mol. The molecular formula is C22H29N3O3S. The Morgan fingerprint density at radius 2 is 1.69 bits per heavy atom. The first-order chi connectivity index (χ1) is 13.8. The summed E-state index contributed by atoms with van der Waals surface area (Å²) in [4.78, 5) is 14.6. The van der Waals surface area contributed by atoms with Gasteiger partial charge in [0.05, 0.1) is 11.4 Å². The van der Waals surface area contributed by atoms with E-state index in [4.69, 9.17) is 0 Å². The predicted octanol–water partition coefficient (Wildman–Crippen LogP) is 2.49. The standard InChI is InChI=1S/C22H29N3O3S/c1-17-9-10-21(18(2)15-17)29(27,28)25-13-11-24(12-14-25)22(26)16-23-19(3)20-7-5-4-6-8-20/h4-10,15,19,23H,11-14,16H2,1-3H3/t19-/m0/s1. The summed E-state index contributed by atoms with van der Waals surface area (Å²) in [6.45, 7) is 7.47. The Labute approximate surface area is 173 Å². The van der Waals surface area contributed by atoms with E-state index in [0.717, 1.165) is 16.7 Å². The summed E-state index contributed by atoms with van der Waals surface area (Å²) in [6, 6.07) is 15.4. The van der Waals surface area contributed by atoms with Gasteiger partial charge < -0.3 is 10.2 Å². The van der Waals surface area contributed by atoms with Crippen LogP contribution in [-0.4, -0.2) is 56.3 Å². The smallest absolute Gasteiger partial charge is 0.243 e. The number of piperazine rings is 1. The van der Waals surface area contributed by atoms with Crippen molar-refractivity contribution in [2.24, 2.45) is 0 Å². The molecule has 156 valence electrons. The number of hydrogen-bond acceptors (Lipinski definition) is 4. The van der Waals surface area contributed by atoms with Crippen LogP contribution in [0.15, 0.2) is 53.4 Å². The van der Waals surface area contributed by atoms with Gasteiger partial charge in [0.2, 0.25) is 15.9 Å². The summed E-state index contributed by atoms with van der Waals surface area (Å²) in [7, 11) is -3.54. The SMILES string of the molecule is Cc1ccc(S(=O)(=O)N2CCN(C(=O)CN[C@@H](C)c3ccccc3)CC2)c(C)c1. The normalized spacial score (nSPS) is 16.6. The van der Waals surface area contributed by atoms with Crippen LogP contribution in [-0.2, 0) is 14.8 Å². The van der Waals surface area contributed by atoms with Crippen molar-refractivity contribution in [1.82, 2.24) is 14.5 Å². The monoisotopic (exact) mass is 415 g/mol. The van der Waals surface area contributed by atoms with Gasteiger partial charge in [0.1, 0.15) is 0 Å². The van der Waals surface area contributed by atoms with Gasteiger partial charge in [0.15, 0.2) is 0 Å². The zero-order valence-corrected chi connectivity index (χ0v) is 18.1. The van der Waals surface area contributed by atoms with Gasteiger partial charge in [-0.15, -0.1) is 0 Å². The van der Waals surface area contributed by atoms with Crippen LogP contribution in [0, 0.1) is 13.8 Å². The minimum atomic E-state index is -3.54. The molecule has 1 aliphatic heterocycles. The average molecular weight is 416 g/mol. The number of carbonyl (C=O) groups excluding carboxylic acids is 1. The molecule has 1 N–H and O–H groups in total. The highest BCUT2D eigenvalue weighted by molar-refractivity contribution is 7.89. The van der Waals surface area contributed by atoms with Crippen LogP contribution in [0.25, 0.3) is 0 Å². The lowest BCUT2D eigenvalue weighted by Gasteiger charge is -2.34. The highest BCUT2D eigenvalue weighted by atomic mass is 32.2. The van der Waals surface area contributed by atoms with Gasteiger partial charge in [-0.2, -0.15) is 4.31 Å². The minimum absolute atomic E-state index is 0.00338. The van der Waals surface area contributed by atoms with Gasteiger partial charge >= 0.3 is 0 Å². The molecule has 2 aromatic carbocycles. The van der Waals surface area contributed by atoms with Crippen molar-refractivity contribution < 1.29 is 13.2 Å². The van der Waals surface area contributed by atoms with Crippen LogP contribution in [0.2, 0.25) is 0 Å². The molecule has 1 saturated heterocycles. The maximum Gasteiger partial charge on any atom is 0.243 e. The van der Waals surface area contributed by atoms with Crippen LogP contribution in [0.3, 0.4) is 0 Å². The molecule has 0 spiro atoms. The van der Waals surface area contributed by atoms with E-state index in [0.29, 0.717) is 31.1 Å². The summed E-state index contributed by atoms with van der Waals surface area (Å²) < 4.78 is 27.4. The summed E-state index contributed by atoms with van der Waals surface area (Å²) >= 11 is 0. The fraction of sp³-hybridized carbons (Fsp3) is 0.409. The molecule has 1 aliphatic rings. The van der Waals surface area contributed by atoms with E-state index in [-0.39, 0.29) is 18.5 Å². The van der Waals surface area contributed by atoms with Gasteiger partial charge in [-0.1, -0.05) is 48.0 Å². The van der Waals surface area contributed by atoms with E-state index in [1.165, 1.54) is 4.31 Å². The number of nitrogens with one attached hydrogen (secondary N) is 1. The molecule has 0 radical (unpaired) electrons. The van der Waals surface area contributed by atoms with Crippen LogP contribution in [0.1, 0.15) is 29.7 Å². The van der Waals surface area contributed by atoms with Crippen LogP contribution >= 0.6 is 0 Å². The van der Waals surface area contributed by atoms with Crippen molar-refractivity contribution in [2.75, 3.05) is 32.7 Å². The van der Waals surface area contributed by atoms with Crippen molar-refractivity contribution in [3.05, 3.63) is 65.2 Å². The average Bonchev–Trinajstić information content (AvgIpc) is 2.72. The summed E-state index contributed by atoms with van der Waals surface area (Å²) in [6.07, 6.45) is 0. The van der Waals surface area contributed by atoms with E-state index in [2.05, 4.69) is 5.32 Å². The number of rotatable bonds is 6. The van der Waals surface area contributed by atoms with Crippen molar-refractivity contribution in [3.63, 3.8) is 0 Å². The van der Waals surface area contributed by atoms with Crippen molar-refractivity contribution in [1.29, 1.82) is 0 Å². The fourth-order valence-electron chi connectivity index (χ4n) is 3.62. The van der Waals surface area contributed by atoms with Gasteiger partial charge in [-0.3, -0.25) is 4.79 Å². The van der Waals surface area contributed by atoms with Crippen molar-refractivity contribution in [2.45, 2.75) is 31.7 Å². The molecule has 29 heavy (non-hydrogen) atoms. The van der Waals surface area contributed by atoms with Crippen molar-refractivity contribution in [3.8, 4) is 0 Å². The van der Waals surface area contributed by atoms with E-state index in [1.807, 2.05) is 63.2 Å². The zero-order valence-electron chi connectivity index (χ0n) is 17.3. The third-order valence-corrected chi connectivity index (χ3v) is 7.46. The number of sulfonamides is 1. The van der Waals surface area contributed by atoms with Gasteiger partial charge in [-0.05, 0) is 38.0 Å².